The van der Waals surface area contributed by atoms with E-state index in [0.29, 0.717) is 46.7 Å². The van der Waals surface area contributed by atoms with Gasteiger partial charge in [0.05, 0.1) is 11.9 Å². The van der Waals surface area contributed by atoms with Gasteiger partial charge < -0.3 is 19.7 Å². The molecule has 0 aromatic heterocycles. The molecular formula is C25H31Cl2N3O6S. The van der Waals surface area contributed by atoms with Gasteiger partial charge >= 0.3 is 0 Å². The van der Waals surface area contributed by atoms with Crippen molar-refractivity contribution in [3.05, 3.63) is 52.0 Å². The third kappa shape index (κ3) is 7.21. The van der Waals surface area contributed by atoms with Gasteiger partial charge in [-0.2, -0.15) is 0 Å². The molecule has 37 heavy (non-hydrogen) atoms. The molecule has 2 aromatic rings. The Morgan fingerprint density at radius 3 is 2.27 bits per heavy atom. The van der Waals surface area contributed by atoms with E-state index in [1.54, 1.807) is 31.2 Å². The molecule has 0 spiro atoms. The highest BCUT2D eigenvalue weighted by molar-refractivity contribution is 7.92. The molecule has 0 radical (unpaired) electrons. The van der Waals surface area contributed by atoms with Gasteiger partial charge in [-0.3, -0.25) is 13.9 Å². The van der Waals surface area contributed by atoms with Gasteiger partial charge in [0.15, 0.2) is 11.5 Å². The molecule has 0 saturated heterocycles. The number of nitrogens with one attached hydrogen (secondary N) is 1. The van der Waals surface area contributed by atoms with E-state index in [4.69, 9.17) is 32.7 Å². The first kappa shape index (κ1) is 28.9. The first-order valence-electron chi connectivity index (χ1n) is 11.8. The average Bonchev–Trinajstić information content (AvgIpc) is 2.85. The summed E-state index contributed by atoms with van der Waals surface area (Å²) in [5.41, 5.74) is 0.681. The second kappa shape index (κ2) is 12.2. The molecule has 0 bridgehead atoms. The maximum absolute atomic E-state index is 13.7. The van der Waals surface area contributed by atoms with Crippen LogP contribution in [0.15, 0.2) is 36.4 Å². The molecule has 1 aliphatic heterocycles. The fraction of sp³-hybridized carbons (Fsp3) is 0.440. The van der Waals surface area contributed by atoms with Crippen molar-refractivity contribution >= 4 is 50.7 Å². The van der Waals surface area contributed by atoms with Crippen LogP contribution in [-0.4, -0.2) is 63.2 Å². The number of rotatable bonds is 10. The van der Waals surface area contributed by atoms with Crippen LogP contribution in [-0.2, 0) is 26.2 Å². The topological polar surface area (TPSA) is 105 Å². The van der Waals surface area contributed by atoms with E-state index in [9.17, 15) is 18.0 Å². The lowest BCUT2D eigenvalue weighted by Crippen LogP contribution is -2.52. The Hall–Kier alpha value is -2.69. The lowest BCUT2D eigenvalue weighted by molar-refractivity contribution is -0.139. The fourth-order valence-corrected chi connectivity index (χ4v) is 5.06. The van der Waals surface area contributed by atoms with E-state index < -0.39 is 28.5 Å². The molecule has 9 nitrogen and oxygen atoms in total. The summed E-state index contributed by atoms with van der Waals surface area (Å²) in [6.45, 7) is 5.43. The van der Waals surface area contributed by atoms with Crippen LogP contribution in [0.1, 0.15) is 32.8 Å². The van der Waals surface area contributed by atoms with Gasteiger partial charge in [-0.1, -0.05) is 36.2 Å². The number of ether oxygens (including phenoxy) is 2. The van der Waals surface area contributed by atoms with E-state index in [2.05, 4.69) is 5.32 Å². The van der Waals surface area contributed by atoms with E-state index in [1.807, 2.05) is 13.8 Å². The van der Waals surface area contributed by atoms with E-state index in [0.717, 1.165) is 10.6 Å². The van der Waals surface area contributed by atoms with Crippen molar-refractivity contribution in [1.29, 1.82) is 0 Å². The summed E-state index contributed by atoms with van der Waals surface area (Å²) in [7, 11) is -3.89. The number of hydrogen-bond donors (Lipinski definition) is 1. The smallest absolute Gasteiger partial charge is 0.244 e. The van der Waals surface area contributed by atoms with Crippen LogP contribution in [0.4, 0.5) is 5.69 Å². The predicted octanol–water partition coefficient (Wildman–Crippen LogP) is 3.86. The number of sulfonamides is 1. The molecule has 3 rings (SSSR count). The van der Waals surface area contributed by atoms with Gasteiger partial charge in [0.25, 0.3) is 0 Å². The summed E-state index contributed by atoms with van der Waals surface area (Å²) in [5, 5.41) is 3.52. The fourth-order valence-electron chi connectivity index (χ4n) is 3.70. The lowest BCUT2D eigenvalue weighted by Gasteiger charge is -2.32. The standard InChI is InChI=1S/C25H31Cl2N3O6S/c1-5-16(2)28-25(32)17(3)29(14-19-20(26)7-6-8-21(19)27)24(31)15-30(37(4,33)34)18-9-10-22-23(13-18)36-12-11-35-22/h6-10,13,16-17H,5,11-12,14-15H2,1-4H3,(H,28,32)/t16-,17-/m0/s1. The van der Waals surface area contributed by atoms with Gasteiger partial charge in [0.1, 0.15) is 25.8 Å². The summed E-state index contributed by atoms with van der Waals surface area (Å²) < 4.78 is 37.6. The first-order valence-corrected chi connectivity index (χ1v) is 14.4. The number of fused-ring (bicyclic) bond motifs is 1. The van der Waals surface area contributed by atoms with E-state index >= 15 is 0 Å². The molecule has 0 aliphatic carbocycles. The van der Waals surface area contributed by atoms with Crippen molar-refractivity contribution in [3.8, 4) is 11.5 Å². The van der Waals surface area contributed by atoms with Crippen LogP contribution < -0.4 is 19.1 Å². The van der Waals surface area contributed by atoms with Gasteiger partial charge in [-0.25, -0.2) is 8.42 Å². The molecule has 1 N–H and O–H groups in total. The molecule has 12 heteroatoms. The highest BCUT2D eigenvalue weighted by Gasteiger charge is 2.31. The molecule has 0 fully saturated rings. The van der Waals surface area contributed by atoms with Crippen LogP contribution in [0.2, 0.25) is 10.0 Å². The Kier molecular flexibility index (Phi) is 9.55. The Labute approximate surface area is 227 Å². The highest BCUT2D eigenvalue weighted by atomic mass is 35.5. The second-order valence-corrected chi connectivity index (χ2v) is 11.5. The molecule has 2 amide bonds. The number of carbonyl (C=O) groups is 2. The first-order chi connectivity index (χ1) is 17.4. The molecular weight excluding hydrogens is 541 g/mol. The summed E-state index contributed by atoms with van der Waals surface area (Å²) in [4.78, 5) is 28.0. The van der Waals surface area contributed by atoms with Crippen LogP contribution in [0, 0.1) is 0 Å². The molecule has 2 atom stereocenters. The zero-order valence-corrected chi connectivity index (χ0v) is 23.5. The van der Waals surface area contributed by atoms with Crippen molar-refractivity contribution < 1.29 is 27.5 Å². The number of halogens is 2. The number of amides is 2. The van der Waals surface area contributed by atoms with Gasteiger partial charge in [0, 0.05) is 34.3 Å². The third-order valence-electron chi connectivity index (χ3n) is 6.05. The Balaban J connectivity index is 1.96. The summed E-state index contributed by atoms with van der Waals surface area (Å²) >= 11 is 12.7. The zero-order valence-electron chi connectivity index (χ0n) is 21.2. The van der Waals surface area contributed by atoms with Gasteiger partial charge in [-0.15, -0.1) is 0 Å². The van der Waals surface area contributed by atoms with E-state index in [1.165, 1.54) is 17.0 Å². The molecule has 0 unspecified atom stereocenters. The van der Waals surface area contributed by atoms with Crippen LogP contribution in [0.25, 0.3) is 0 Å². The second-order valence-electron chi connectivity index (χ2n) is 8.81. The van der Waals surface area contributed by atoms with Crippen molar-refractivity contribution in [2.45, 2.75) is 45.8 Å². The SMILES string of the molecule is CC[C@H](C)NC(=O)[C@H](C)N(Cc1c(Cl)cccc1Cl)C(=O)CN(c1ccc2c(c1)OCCO2)S(C)(=O)=O. The van der Waals surface area contributed by atoms with E-state index in [-0.39, 0.29) is 24.2 Å². The molecule has 1 aliphatic rings. The highest BCUT2D eigenvalue weighted by Crippen LogP contribution is 2.35. The van der Waals surface area contributed by atoms with Crippen molar-refractivity contribution in [1.82, 2.24) is 10.2 Å². The number of benzene rings is 2. The molecule has 0 saturated carbocycles. The van der Waals surface area contributed by atoms with Crippen molar-refractivity contribution in [2.75, 3.05) is 30.3 Å². The minimum atomic E-state index is -3.89. The number of carbonyl (C=O) groups excluding carboxylic acids is 2. The van der Waals surface area contributed by atoms with Gasteiger partial charge in [-0.05, 0) is 44.5 Å². The zero-order chi connectivity index (χ0) is 27.3. The Morgan fingerprint density at radius 1 is 1.05 bits per heavy atom. The average molecular weight is 573 g/mol. The predicted molar refractivity (Wildman–Crippen MR) is 144 cm³/mol. The number of nitrogens with zero attached hydrogens (tertiary/aromatic N) is 2. The molecule has 202 valence electrons. The maximum Gasteiger partial charge on any atom is 0.244 e. The molecule has 1 heterocycles. The normalized spacial score (nSPS) is 14.4. The monoisotopic (exact) mass is 571 g/mol. The third-order valence-corrected chi connectivity index (χ3v) is 7.90. The van der Waals surface area contributed by atoms with Crippen molar-refractivity contribution in [2.24, 2.45) is 0 Å². The number of anilines is 1. The summed E-state index contributed by atoms with van der Waals surface area (Å²) in [5.74, 6) is -0.120. The Morgan fingerprint density at radius 2 is 1.68 bits per heavy atom. The Bertz CT molecular complexity index is 1240. The summed E-state index contributed by atoms with van der Waals surface area (Å²) in [6.07, 6.45) is 1.71. The van der Waals surface area contributed by atoms with Crippen LogP contribution >= 0.6 is 23.2 Å². The quantitative estimate of drug-likeness (QED) is 0.464. The largest absolute Gasteiger partial charge is 0.486 e. The minimum absolute atomic E-state index is 0.0921. The summed E-state index contributed by atoms with van der Waals surface area (Å²) in [6, 6.07) is 8.54. The van der Waals surface area contributed by atoms with Crippen LogP contribution in [0.3, 0.4) is 0 Å². The van der Waals surface area contributed by atoms with Gasteiger partial charge in [0.2, 0.25) is 21.8 Å². The maximum atomic E-state index is 13.7. The minimum Gasteiger partial charge on any atom is -0.486 e. The number of hydrogen-bond acceptors (Lipinski definition) is 6. The molecule has 2 aromatic carbocycles. The van der Waals surface area contributed by atoms with Crippen molar-refractivity contribution in [3.63, 3.8) is 0 Å². The lowest BCUT2D eigenvalue weighted by atomic mass is 10.1. The van der Waals surface area contributed by atoms with Crippen LogP contribution in [0.5, 0.6) is 11.5 Å².